The summed E-state index contributed by atoms with van der Waals surface area (Å²) in [6.45, 7) is 12.2. The lowest BCUT2D eigenvalue weighted by Crippen LogP contribution is -2.17. The number of aromatic nitrogens is 1. The molecule has 0 atom stereocenters. The Labute approximate surface area is 119 Å². The Morgan fingerprint density at radius 2 is 2.20 bits per heavy atom. The topological polar surface area (TPSA) is 29.3 Å². The maximum absolute atomic E-state index is 7.40. The summed E-state index contributed by atoms with van der Waals surface area (Å²) in [6.07, 6.45) is 4.39. The molecular formula is C17H19N3. The Kier molecular flexibility index (Phi) is 3.19. The Bertz CT molecular complexity index is 678. The second-order valence-electron chi connectivity index (χ2n) is 6.04. The lowest BCUT2D eigenvalue weighted by atomic mass is 9.91. The van der Waals surface area contributed by atoms with E-state index in [0.29, 0.717) is 6.04 Å². The molecule has 3 heteroatoms. The minimum absolute atomic E-state index is 0.488. The fourth-order valence-corrected chi connectivity index (χ4v) is 2.36. The predicted molar refractivity (Wildman–Crippen MR) is 81.2 cm³/mol. The highest BCUT2D eigenvalue weighted by atomic mass is 14.9. The van der Waals surface area contributed by atoms with Crippen molar-refractivity contribution >= 4 is 10.9 Å². The number of hydrogen-bond acceptors (Lipinski definition) is 2. The number of hydrogen-bond donors (Lipinski definition) is 1. The highest BCUT2D eigenvalue weighted by Gasteiger charge is 2.27. The van der Waals surface area contributed by atoms with E-state index in [0.717, 1.165) is 23.0 Å². The maximum atomic E-state index is 7.40. The largest absolute Gasteiger partial charge is 0.310 e. The summed E-state index contributed by atoms with van der Waals surface area (Å²) in [7, 11) is 0. The third-order valence-corrected chi connectivity index (χ3v) is 3.93. The van der Waals surface area contributed by atoms with Crippen LogP contribution in [0.1, 0.15) is 37.8 Å². The van der Waals surface area contributed by atoms with Crippen molar-refractivity contribution in [2.24, 2.45) is 0 Å². The summed E-state index contributed by atoms with van der Waals surface area (Å²) in [6, 6.07) is 8.94. The molecule has 0 spiro atoms. The van der Waals surface area contributed by atoms with E-state index in [4.69, 9.17) is 6.57 Å². The van der Waals surface area contributed by atoms with Gasteiger partial charge in [0.15, 0.2) is 0 Å². The van der Waals surface area contributed by atoms with E-state index in [-0.39, 0.29) is 0 Å². The van der Waals surface area contributed by atoms with Gasteiger partial charge in [-0.2, -0.15) is 0 Å². The van der Waals surface area contributed by atoms with Crippen molar-refractivity contribution in [2.75, 3.05) is 0 Å². The molecule has 0 saturated heterocycles. The lowest BCUT2D eigenvalue weighted by molar-refractivity contribution is 0.657. The minimum atomic E-state index is -0.488. The Morgan fingerprint density at radius 1 is 1.40 bits per heavy atom. The minimum Gasteiger partial charge on any atom is -0.310 e. The Balaban J connectivity index is 2.06. The predicted octanol–water partition coefficient (Wildman–Crippen LogP) is 3.64. The summed E-state index contributed by atoms with van der Waals surface area (Å²) >= 11 is 0. The number of benzene rings is 1. The summed E-state index contributed by atoms with van der Waals surface area (Å²) in [5.74, 6) is 0. The third kappa shape index (κ3) is 2.52. The Hall–Kier alpha value is -1.92. The summed E-state index contributed by atoms with van der Waals surface area (Å²) < 4.78 is 0. The first-order valence-electron chi connectivity index (χ1n) is 7.10. The van der Waals surface area contributed by atoms with Gasteiger partial charge in [0, 0.05) is 43.6 Å². The van der Waals surface area contributed by atoms with Crippen LogP contribution in [0.3, 0.4) is 0 Å². The molecule has 1 saturated carbocycles. The average molecular weight is 265 g/mol. The molecule has 1 aromatic carbocycles. The molecule has 102 valence electrons. The molecule has 3 rings (SSSR count). The van der Waals surface area contributed by atoms with Crippen LogP contribution in [0.15, 0.2) is 30.5 Å². The number of rotatable bonds is 4. The van der Waals surface area contributed by atoms with Gasteiger partial charge < -0.3 is 10.2 Å². The van der Waals surface area contributed by atoms with Gasteiger partial charge in [-0.15, -0.1) is 0 Å². The van der Waals surface area contributed by atoms with E-state index >= 15 is 0 Å². The summed E-state index contributed by atoms with van der Waals surface area (Å²) in [5, 5.41) is 4.66. The second kappa shape index (κ2) is 4.88. The van der Waals surface area contributed by atoms with E-state index in [1.807, 2.05) is 26.1 Å². The van der Waals surface area contributed by atoms with Gasteiger partial charge in [0.25, 0.3) is 5.54 Å². The van der Waals surface area contributed by atoms with Crippen LogP contribution >= 0.6 is 0 Å². The van der Waals surface area contributed by atoms with Gasteiger partial charge in [-0.1, -0.05) is 6.07 Å². The fraction of sp³-hybridized carbons (Fsp3) is 0.412. The Morgan fingerprint density at radius 3 is 2.90 bits per heavy atom. The highest BCUT2D eigenvalue weighted by molar-refractivity contribution is 5.82. The van der Waals surface area contributed by atoms with Crippen molar-refractivity contribution in [3.8, 4) is 0 Å². The molecule has 3 nitrogen and oxygen atoms in total. The lowest BCUT2D eigenvalue weighted by Gasteiger charge is -2.15. The number of nitrogens with one attached hydrogen (secondary N) is 1. The smallest absolute Gasteiger partial charge is 0.252 e. The SMILES string of the molecule is [C-]#[N+]C(C)(C)c1cc(CNC2CC2)c2ncccc2c1. The molecule has 1 aromatic heterocycles. The van der Waals surface area contributed by atoms with Crippen LogP contribution in [0.5, 0.6) is 0 Å². The standard InChI is InChI=1S/C17H19N3/c1-17(2,18-3)14-9-12-5-4-8-19-16(12)13(10-14)11-20-15-6-7-15/h4-5,8-10,15,20H,6-7,11H2,1-2H3. The van der Waals surface area contributed by atoms with Crippen molar-refractivity contribution in [1.82, 2.24) is 10.3 Å². The highest BCUT2D eigenvalue weighted by Crippen LogP contribution is 2.30. The zero-order valence-corrected chi connectivity index (χ0v) is 12.0. The molecule has 1 heterocycles. The van der Waals surface area contributed by atoms with Gasteiger partial charge in [0.05, 0.1) is 5.52 Å². The monoisotopic (exact) mass is 265 g/mol. The van der Waals surface area contributed by atoms with Crippen LogP contribution in [0.2, 0.25) is 0 Å². The first kappa shape index (κ1) is 13.1. The zero-order valence-electron chi connectivity index (χ0n) is 12.0. The van der Waals surface area contributed by atoms with E-state index in [2.05, 4.69) is 33.3 Å². The average Bonchev–Trinajstić information content (AvgIpc) is 3.28. The van der Waals surface area contributed by atoms with Gasteiger partial charge >= 0.3 is 0 Å². The van der Waals surface area contributed by atoms with Crippen molar-refractivity contribution in [3.05, 3.63) is 53.0 Å². The summed E-state index contributed by atoms with van der Waals surface area (Å²) in [4.78, 5) is 8.27. The van der Waals surface area contributed by atoms with Crippen LogP contribution in [0.25, 0.3) is 15.7 Å². The van der Waals surface area contributed by atoms with Gasteiger partial charge in [-0.05, 0) is 36.6 Å². The van der Waals surface area contributed by atoms with E-state index < -0.39 is 5.54 Å². The molecule has 20 heavy (non-hydrogen) atoms. The number of fused-ring (bicyclic) bond motifs is 1. The van der Waals surface area contributed by atoms with Crippen molar-refractivity contribution in [1.29, 1.82) is 0 Å². The first-order valence-corrected chi connectivity index (χ1v) is 7.10. The van der Waals surface area contributed by atoms with Crippen molar-refractivity contribution in [3.63, 3.8) is 0 Å². The molecule has 1 aliphatic carbocycles. The molecule has 0 radical (unpaired) electrons. The van der Waals surface area contributed by atoms with E-state index in [9.17, 15) is 0 Å². The number of pyridine rings is 1. The molecule has 2 aromatic rings. The molecule has 0 unspecified atom stereocenters. The fourth-order valence-electron chi connectivity index (χ4n) is 2.36. The third-order valence-electron chi connectivity index (χ3n) is 3.93. The molecular weight excluding hydrogens is 246 g/mol. The van der Waals surface area contributed by atoms with Crippen LogP contribution in [-0.2, 0) is 12.1 Å². The van der Waals surface area contributed by atoms with Gasteiger partial charge in [0.2, 0.25) is 0 Å². The van der Waals surface area contributed by atoms with E-state index in [1.165, 1.54) is 18.4 Å². The first-order chi connectivity index (χ1) is 9.60. The molecule has 1 fully saturated rings. The molecule has 1 aliphatic rings. The van der Waals surface area contributed by atoms with Crippen LogP contribution < -0.4 is 5.32 Å². The van der Waals surface area contributed by atoms with Crippen LogP contribution in [0, 0.1) is 6.57 Å². The van der Waals surface area contributed by atoms with Gasteiger partial charge in [-0.25, -0.2) is 6.57 Å². The molecule has 0 amide bonds. The number of nitrogens with zero attached hydrogens (tertiary/aromatic N) is 2. The van der Waals surface area contributed by atoms with Gasteiger partial charge in [0.1, 0.15) is 0 Å². The van der Waals surface area contributed by atoms with Crippen LogP contribution in [0.4, 0.5) is 0 Å². The normalized spacial score (nSPS) is 15.2. The van der Waals surface area contributed by atoms with Crippen molar-refractivity contribution < 1.29 is 0 Å². The summed E-state index contributed by atoms with van der Waals surface area (Å²) in [5.41, 5.74) is 2.82. The molecule has 1 N–H and O–H groups in total. The van der Waals surface area contributed by atoms with Crippen LogP contribution in [-0.4, -0.2) is 11.0 Å². The van der Waals surface area contributed by atoms with E-state index in [1.54, 1.807) is 0 Å². The second-order valence-corrected chi connectivity index (χ2v) is 6.04. The van der Waals surface area contributed by atoms with Gasteiger partial charge in [-0.3, -0.25) is 4.98 Å². The quantitative estimate of drug-likeness (QED) is 0.855. The zero-order chi connectivity index (χ0) is 14.2. The maximum Gasteiger partial charge on any atom is 0.252 e. The molecule has 0 bridgehead atoms. The van der Waals surface area contributed by atoms with Crippen molar-refractivity contribution in [2.45, 2.75) is 44.8 Å². The molecule has 0 aliphatic heterocycles.